The Kier molecular flexibility index (Phi) is 4.53. The predicted molar refractivity (Wildman–Crippen MR) is 87.2 cm³/mol. The second-order valence-corrected chi connectivity index (χ2v) is 6.47. The van der Waals surface area contributed by atoms with Gasteiger partial charge in [-0.3, -0.25) is 0 Å². The van der Waals surface area contributed by atoms with Gasteiger partial charge in [-0.2, -0.15) is 0 Å². The van der Waals surface area contributed by atoms with Crippen molar-refractivity contribution in [2.45, 2.75) is 0 Å². The summed E-state index contributed by atoms with van der Waals surface area (Å²) in [6.45, 7) is 0. The monoisotopic (exact) mass is 356 g/mol. The average molecular weight is 355 g/mol. The summed E-state index contributed by atoms with van der Waals surface area (Å²) in [5.41, 5.74) is 1.97. The van der Waals surface area contributed by atoms with Crippen LogP contribution in [0.15, 0.2) is 71.1 Å². The molecule has 1 heterocycles. The Morgan fingerprint density at radius 3 is 2.32 bits per heavy atom. The molecule has 0 saturated carbocycles. The van der Waals surface area contributed by atoms with Crippen molar-refractivity contribution in [1.29, 1.82) is 0 Å². The van der Waals surface area contributed by atoms with Crippen molar-refractivity contribution in [3.8, 4) is 5.69 Å². The fourth-order valence-corrected chi connectivity index (χ4v) is 3.51. The van der Waals surface area contributed by atoms with E-state index in [-0.39, 0.29) is 14.5 Å². The molecule has 0 bridgehead atoms. The minimum absolute atomic E-state index is 0.144. The molecule has 0 saturated heterocycles. The number of nitrogens with zero attached hydrogens (tertiary/aromatic N) is 4. The standard InChI is InChI=1S/C16H12N4OSe/c21-19-17-16-20(14-9-5-2-6-10-14)18-15(22-16)12-11-13-7-3-1-4-8-13/h1-12H/b12-11+,17-16-. The van der Waals surface area contributed by atoms with Gasteiger partial charge in [-0.25, -0.2) is 0 Å². The van der Waals surface area contributed by atoms with Crippen molar-refractivity contribution in [2.75, 3.05) is 0 Å². The Balaban J connectivity index is 1.99. The van der Waals surface area contributed by atoms with Crippen LogP contribution >= 0.6 is 0 Å². The Hall–Kier alpha value is -2.56. The van der Waals surface area contributed by atoms with Gasteiger partial charge in [0.1, 0.15) is 0 Å². The molecule has 6 heteroatoms. The third-order valence-electron chi connectivity index (χ3n) is 2.92. The molecule has 1 aromatic heterocycles. The quantitative estimate of drug-likeness (QED) is 0.410. The number of hydrogen-bond acceptors (Lipinski definition) is 3. The topological polar surface area (TPSA) is 59.6 Å². The molecule has 0 unspecified atom stereocenters. The molecule has 2 aromatic carbocycles. The van der Waals surface area contributed by atoms with E-state index in [1.54, 1.807) is 4.68 Å². The van der Waals surface area contributed by atoms with Gasteiger partial charge in [0, 0.05) is 0 Å². The van der Waals surface area contributed by atoms with Crippen LogP contribution in [0.1, 0.15) is 10.1 Å². The molecular weight excluding hydrogens is 343 g/mol. The van der Waals surface area contributed by atoms with Gasteiger partial charge in [0.25, 0.3) is 0 Å². The van der Waals surface area contributed by atoms with Crippen LogP contribution in [0.3, 0.4) is 0 Å². The molecule has 0 aliphatic carbocycles. The Bertz CT molecular complexity index is 851. The number of nitroso groups, excluding NO2 is 1. The average Bonchev–Trinajstić information content (AvgIpc) is 2.98. The zero-order valence-corrected chi connectivity index (χ0v) is 13.2. The Morgan fingerprint density at radius 2 is 1.64 bits per heavy atom. The van der Waals surface area contributed by atoms with Gasteiger partial charge < -0.3 is 0 Å². The van der Waals surface area contributed by atoms with Gasteiger partial charge in [0.15, 0.2) is 0 Å². The van der Waals surface area contributed by atoms with Crippen molar-refractivity contribution in [3.63, 3.8) is 0 Å². The van der Waals surface area contributed by atoms with Crippen molar-refractivity contribution < 1.29 is 0 Å². The van der Waals surface area contributed by atoms with Crippen molar-refractivity contribution in [2.24, 2.45) is 10.4 Å². The molecule has 0 N–H and O–H groups in total. The first-order valence-electron chi connectivity index (χ1n) is 6.62. The van der Waals surface area contributed by atoms with Crippen LogP contribution in [-0.4, -0.2) is 24.3 Å². The summed E-state index contributed by atoms with van der Waals surface area (Å²) in [6, 6.07) is 19.6. The molecule has 3 rings (SSSR count). The molecule has 5 nitrogen and oxygen atoms in total. The van der Waals surface area contributed by atoms with E-state index >= 15 is 0 Å². The number of rotatable bonds is 4. The van der Waals surface area contributed by atoms with Gasteiger partial charge in [-0.1, -0.05) is 0 Å². The van der Waals surface area contributed by atoms with Crippen LogP contribution in [0.4, 0.5) is 0 Å². The van der Waals surface area contributed by atoms with E-state index in [1.807, 2.05) is 72.8 Å². The van der Waals surface area contributed by atoms with E-state index in [4.69, 9.17) is 0 Å². The fourth-order valence-electron chi connectivity index (χ4n) is 1.93. The second kappa shape index (κ2) is 6.93. The van der Waals surface area contributed by atoms with Gasteiger partial charge in [0.05, 0.1) is 0 Å². The molecule has 0 radical (unpaired) electrons. The molecule has 0 amide bonds. The Labute approximate surface area is 133 Å². The van der Waals surface area contributed by atoms with E-state index in [9.17, 15) is 4.91 Å². The van der Waals surface area contributed by atoms with Gasteiger partial charge in [0.2, 0.25) is 0 Å². The van der Waals surface area contributed by atoms with E-state index < -0.39 is 0 Å². The van der Waals surface area contributed by atoms with E-state index in [2.05, 4.69) is 15.5 Å². The van der Waals surface area contributed by atoms with E-state index in [1.165, 1.54) is 0 Å². The minimum atomic E-state index is -0.144. The number of para-hydroxylation sites is 1. The molecule has 0 spiro atoms. The molecule has 108 valence electrons. The zero-order valence-electron chi connectivity index (χ0n) is 11.5. The first-order valence-corrected chi connectivity index (χ1v) is 8.33. The first-order chi connectivity index (χ1) is 10.9. The van der Waals surface area contributed by atoms with Crippen LogP contribution in [0, 0.1) is 4.91 Å². The summed E-state index contributed by atoms with van der Waals surface area (Å²) in [5, 5.41) is 10.9. The Morgan fingerprint density at radius 1 is 0.955 bits per heavy atom. The maximum absolute atomic E-state index is 10.5. The summed E-state index contributed by atoms with van der Waals surface area (Å²) in [7, 11) is 0. The van der Waals surface area contributed by atoms with E-state index in [0.29, 0.717) is 4.36 Å². The third-order valence-corrected chi connectivity index (χ3v) is 4.73. The number of aromatic nitrogens is 2. The summed E-state index contributed by atoms with van der Waals surface area (Å²) in [6.07, 6.45) is 3.96. The molecule has 3 aromatic rings. The fraction of sp³-hybridized carbons (Fsp3) is 0. The molecule has 0 aliphatic heterocycles. The predicted octanol–water partition coefficient (Wildman–Crippen LogP) is 2.68. The van der Waals surface area contributed by atoms with Crippen LogP contribution in [-0.2, 0) is 0 Å². The number of hydrogen-bond donors (Lipinski definition) is 0. The summed E-state index contributed by atoms with van der Waals surface area (Å²) in [5.74, 6) is 0. The van der Waals surface area contributed by atoms with Crippen molar-refractivity contribution >= 4 is 26.7 Å². The maximum atomic E-state index is 10.5. The molecule has 0 atom stereocenters. The summed E-state index contributed by atoms with van der Waals surface area (Å²) < 4.78 is 3.15. The SMILES string of the molecule is O=N/N=c1\[se]c(/C=C/c2ccccc2)nn1-c1ccccc1. The van der Waals surface area contributed by atoms with Crippen molar-refractivity contribution in [1.82, 2.24) is 9.78 Å². The normalized spacial score (nSPS) is 11.9. The van der Waals surface area contributed by atoms with Crippen LogP contribution in [0.5, 0.6) is 0 Å². The van der Waals surface area contributed by atoms with Gasteiger partial charge in [-0.15, -0.1) is 0 Å². The molecular formula is C16H12N4OSe. The zero-order chi connectivity index (χ0) is 15.2. The van der Waals surface area contributed by atoms with E-state index in [0.717, 1.165) is 15.8 Å². The van der Waals surface area contributed by atoms with Gasteiger partial charge in [-0.05, 0) is 0 Å². The molecule has 0 fully saturated rings. The van der Waals surface area contributed by atoms with Crippen LogP contribution in [0.25, 0.3) is 17.8 Å². The summed E-state index contributed by atoms with van der Waals surface area (Å²) in [4.78, 5) is 10.5. The first kappa shape index (κ1) is 14.4. The van der Waals surface area contributed by atoms with Gasteiger partial charge >= 0.3 is 133 Å². The molecule has 0 aliphatic rings. The summed E-state index contributed by atoms with van der Waals surface area (Å²) >= 11 is -0.144. The third kappa shape index (κ3) is 3.36. The van der Waals surface area contributed by atoms with Crippen molar-refractivity contribution in [3.05, 3.63) is 80.1 Å². The number of benzene rings is 2. The van der Waals surface area contributed by atoms with Crippen LogP contribution < -0.4 is 4.36 Å². The second-order valence-electron chi connectivity index (χ2n) is 4.40. The van der Waals surface area contributed by atoms with Crippen LogP contribution in [0.2, 0.25) is 0 Å². The molecule has 22 heavy (non-hydrogen) atoms.